The average Bonchev–Trinajstić information content (AvgIpc) is 3.02. The van der Waals surface area contributed by atoms with Crippen molar-refractivity contribution in [1.82, 2.24) is 4.57 Å². The lowest BCUT2D eigenvalue weighted by molar-refractivity contribution is 0.0514. The summed E-state index contributed by atoms with van der Waals surface area (Å²) in [6.07, 6.45) is 1.58. The first kappa shape index (κ1) is 20.5. The summed E-state index contributed by atoms with van der Waals surface area (Å²) in [7, 11) is 0. The number of carbonyl (C=O) groups is 1. The van der Waals surface area contributed by atoms with Gasteiger partial charge < -0.3 is 9.40 Å². The van der Waals surface area contributed by atoms with Crippen molar-refractivity contribution in [1.29, 1.82) is 0 Å². The molecule has 0 atom stereocenters. The number of carbonyl (C=O) groups excluding carboxylic acids is 1. The smallest absolute Gasteiger partial charge is 0.318 e. The number of hydrogen-bond donors (Lipinski definition) is 0. The van der Waals surface area contributed by atoms with Crippen LogP contribution in [0.2, 0.25) is 0 Å². The SMILES string of the molecule is Cc1cc2c(n1-c1ccc(Br)cc1)CC(C)(C)C/C2=N\OC(=O)c1ccc(F)cc1. The largest absolute Gasteiger partial charge is 0.365 e. The van der Waals surface area contributed by atoms with Gasteiger partial charge in [0.2, 0.25) is 0 Å². The molecule has 2 aromatic carbocycles. The van der Waals surface area contributed by atoms with E-state index in [0.717, 1.165) is 39.2 Å². The van der Waals surface area contributed by atoms with Crippen molar-refractivity contribution in [2.75, 3.05) is 0 Å². The fraction of sp³-hybridized carbons (Fsp3) is 0.250. The Kier molecular flexibility index (Phi) is 5.36. The molecule has 0 saturated carbocycles. The molecule has 0 unspecified atom stereocenters. The molecule has 1 heterocycles. The minimum atomic E-state index is -0.600. The lowest BCUT2D eigenvalue weighted by atomic mass is 9.76. The normalized spacial score (nSPS) is 16.4. The fourth-order valence-electron chi connectivity index (χ4n) is 3.94. The quantitative estimate of drug-likeness (QED) is 0.338. The van der Waals surface area contributed by atoms with E-state index in [4.69, 9.17) is 4.84 Å². The molecule has 0 radical (unpaired) electrons. The van der Waals surface area contributed by atoms with Gasteiger partial charge in [-0.1, -0.05) is 34.9 Å². The molecule has 0 saturated heterocycles. The number of hydrogen-bond acceptors (Lipinski definition) is 3. The van der Waals surface area contributed by atoms with Crippen LogP contribution in [0.3, 0.4) is 0 Å². The molecule has 0 spiro atoms. The van der Waals surface area contributed by atoms with Gasteiger partial charge in [-0.15, -0.1) is 0 Å². The van der Waals surface area contributed by atoms with Crippen molar-refractivity contribution in [3.05, 3.63) is 87.4 Å². The second-order valence-corrected chi connectivity index (χ2v) is 9.31. The second kappa shape index (κ2) is 7.84. The molecule has 0 bridgehead atoms. The first-order valence-corrected chi connectivity index (χ1v) is 10.5. The van der Waals surface area contributed by atoms with E-state index in [1.165, 1.54) is 24.3 Å². The summed E-state index contributed by atoms with van der Waals surface area (Å²) < 4.78 is 16.4. The lowest BCUT2D eigenvalue weighted by Gasteiger charge is -2.31. The summed E-state index contributed by atoms with van der Waals surface area (Å²) in [5.41, 5.74) is 5.31. The van der Waals surface area contributed by atoms with Crippen LogP contribution in [0.1, 0.15) is 47.6 Å². The van der Waals surface area contributed by atoms with Crippen molar-refractivity contribution < 1.29 is 14.0 Å². The van der Waals surface area contributed by atoms with Crippen molar-refractivity contribution in [3.63, 3.8) is 0 Å². The predicted molar refractivity (Wildman–Crippen MR) is 119 cm³/mol. The molecular weight excluding hydrogens is 447 g/mol. The highest BCUT2D eigenvalue weighted by Crippen LogP contribution is 2.38. The molecular formula is C24H22BrFN2O2. The van der Waals surface area contributed by atoms with Gasteiger partial charge in [-0.25, -0.2) is 9.18 Å². The van der Waals surface area contributed by atoms with Gasteiger partial charge in [0.15, 0.2) is 0 Å². The molecule has 3 aromatic rings. The van der Waals surface area contributed by atoms with E-state index in [2.05, 4.69) is 64.6 Å². The van der Waals surface area contributed by atoms with Crippen molar-refractivity contribution >= 4 is 27.6 Å². The minimum Gasteiger partial charge on any atom is -0.318 e. The molecule has 0 aliphatic heterocycles. The number of benzene rings is 2. The van der Waals surface area contributed by atoms with Gasteiger partial charge in [-0.2, -0.15) is 0 Å². The number of aryl methyl sites for hydroxylation is 1. The van der Waals surface area contributed by atoms with Crippen molar-refractivity contribution in [2.24, 2.45) is 10.6 Å². The molecule has 4 rings (SSSR count). The maximum absolute atomic E-state index is 13.1. The highest BCUT2D eigenvalue weighted by Gasteiger charge is 2.33. The van der Waals surface area contributed by atoms with Crippen molar-refractivity contribution in [3.8, 4) is 5.69 Å². The molecule has 1 aliphatic rings. The van der Waals surface area contributed by atoms with Crippen LogP contribution in [-0.2, 0) is 11.3 Å². The molecule has 0 N–H and O–H groups in total. The molecule has 0 amide bonds. The topological polar surface area (TPSA) is 43.6 Å². The summed E-state index contributed by atoms with van der Waals surface area (Å²) in [5.74, 6) is -1.00. The summed E-state index contributed by atoms with van der Waals surface area (Å²) in [6, 6.07) is 15.5. The van der Waals surface area contributed by atoms with Gasteiger partial charge >= 0.3 is 5.97 Å². The Balaban J connectivity index is 1.70. The van der Waals surface area contributed by atoms with Gasteiger partial charge in [0.05, 0.1) is 11.3 Å². The van der Waals surface area contributed by atoms with E-state index in [-0.39, 0.29) is 11.0 Å². The number of halogens is 2. The predicted octanol–water partition coefficient (Wildman–Crippen LogP) is 6.22. The molecule has 4 nitrogen and oxygen atoms in total. The highest BCUT2D eigenvalue weighted by molar-refractivity contribution is 9.10. The van der Waals surface area contributed by atoms with Gasteiger partial charge in [0.1, 0.15) is 5.82 Å². The van der Waals surface area contributed by atoms with Gasteiger partial charge in [0.25, 0.3) is 0 Å². The van der Waals surface area contributed by atoms with E-state index in [1.807, 2.05) is 12.1 Å². The number of nitrogens with zero attached hydrogens (tertiary/aromatic N) is 2. The number of aromatic nitrogens is 1. The molecule has 6 heteroatoms. The Morgan fingerprint density at radius 1 is 1.10 bits per heavy atom. The van der Waals surface area contributed by atoms with Crippen LogP contribution in [0, 0.1) is 18.2 Å². The maximum atomic E-state index is 13.1. The van der Waals surface area contributed by atoms with E-state index >= 15 is 0 Å². The van der Waals surface area contributed by atoms with E-state index < -0.39 is 11.8 Å². The zero-order valence-electron chi connectivity index (χ0n) is 17.1. The number of fused-ring (bicyclic) bond motifs is 1. The monoisotopic (exact) mass is 468 g/mol. The van der Waals surface area contributed by atoms with E-state index in [1.54, 1.807) is 0 Å². The van der Waals surface area contributed by atoms with E-state index in [0.29, 0.717) is 6.42 Å². The highest BCUT2D eigenvalue weighted by atomic mass is 79.9. The first-order chi connectivity index (χ1) is 14.2. The molecule has 0 fully saturated rings. The zero-order chi connectivity index (χ0) is 21.5. The van der Waals surface area contributed by atoms with E-state index in [9.17, 15) is 9.18 Å². The van der Waals surface area contributed by atoms with Gasteiger partial charge in [-0.3, -0.25) is 0 Å². The fourth-order valence-corrected chi connectivity index (χ4v) is 4.21. The number of rotatable bonds is 3. The summed E-state index contributed by atoms with van der Waals surface area (Å²) >= 11 is 3.49. The third-order valence-electron chi connectivity index (χ3n) is 5.29. The van der Waals surface area contributed by atoms with Crippen molar-refractivity contribution in [2.45, 2.75) is 33.6 Å². The van der Waals surface area contributed by atoms with Gasteiger partial charge in [0, 0.05) is 27.1 Å². The number of oxime groups is 1. The molecule has 1 aromatic heterocycles. The minimum absolute atomic E-state index is 0.0357. The van der Waals surface area contributed by atoms with Crippen LogP contribution < -0.4 is 0 Å². The Labute approximate surface area is 183 Å². The molecule has 154 valence electrons. The van der Waals surface area contributed by atoms with Crippen LogP contribution in [-0.4, -0.2) is 16.2 Å². The van der Waals surface area contributed by atoms with Crippen LogP contribution in [0.5, 0.6) is 0 Å². The summed E-state index contributed by atoms with van der Waals surface area (Å²) in [6.45, 7) is 6.43. The summed E-state index contributed by atoms with van der Waals surface area (Å²) in [5, 5.41) is 4.23. The first-order valence-electron chi connectivity index (χ1n) is 9.75. The maximum Gasteiger partial charge on any atom is 0.365 e. The zero-order valence-corrected chi connectivity index (χ0v) is 18.7. The van der Waals surface area contributed by atoms with Crippen LogP contribution in [0.25, 0.3) is 5.69 Å². The molecule has 1 aliphatic carbocycles. The Bertz CT molecular complexity index is 1130. The third kappa shape index (κ3) is 4.10. The Hall–Kier alpha value is -2.73. The Morgan fingerprint density at radius 2 is 1.77 bits per heavy atom. The van der Waals surface area contributed by atoms with Crippen LogP contribution in [0.4, 0.5) is 4.39 Å². The van der Waals surface area contributed by atoms with Gasteiger partial charge in [-0.05, 0) is 79.8 Å². The summed E-state index contributed by atoms with van der Waals surface area (Å²) in [4.78, 5) is 17.6. The Morgan fingerprint density at radius 3 is 2.43 bits per heavy atom. The standard InChI is InChI=1S/C24H22BrFN2O2/c1-15-12-20-21(27-30-23(29)16-4-8-18(26)9-5-16)13-24(2,3)14-22(20)28(15)19-10-6-17(25)7-11-19/h4-12H,13-14H2,1-3H3/b27-21+. The lowest BCUT2D eigenvalue weighted by Crippen LogP contribution is -2.28. The molecule has 30 heavy (non-hydrogen) atoms. The second-order valence-electron chi connectivity index (χ2n) is 8.40. The van der Waals surface area contributed by atoms with Crippen LogP contribution >= 0.6 is 15.9 Å². The third-order valence-corrected chi connectivity index (χ3v) is 5.82. The average molecular weight is 469 g/mol. The van der Waals surface area contributed by atoms with Crippen LogP contribution in [0.15, 0.2) is 64.2 Å².